The zero-order valence-corrected chi connectivity index (χ0v) is 24.2. The smallest absolute Gasteiger partial charge is 0.421 e. The molecule has 5 heterocycles. The Bertz CT molecular complexity index is 1690. The highest BCUT2D eigenvalue weighted by Crippen LogP contribution is 2.38. The fourth-order valence-electron chi connectivity index (χ4n) is 6.08. The van der Waals surface area contributed by atoms with Gasteiger partial charge >= 0.3 is 6.18 Å². The third-order valence-corrected chi connectivity index (χ3v) is 8.41. The molecular weight excluding hydrogens is 573 g/mol. The lowest BCUT2D eigenvalue weighted by atomic mass is 9.93. The van der Waals surface area contributed by atoms with E-state index in [4.69, 9.17) is 4.74 Å². The number of carbonyl (C=O) groups is 1. The molecule has 0 spiro atoms. The second-order valence-electron chi connectivity index (χ2n) is 11.2. The lowest BCUT2D eigenvalue weighted by Crippen LogP contribution is -2.48. The first-order valence-electron chi connectivity index (χ1n) is 14.6. The third-order valence-electron chi connectivity index (χ3n) is 8.41. The number of amides is 1. The number of nitrogens with zero attached hydrogens (tertiary/aromatic N) is 8. The molecule has 0 unspecified atom stereocenters. The summed E-state index contributed by atoms with van der Waals surface area (Å²) in [5.74, 6) is -0.324. The molecular formula is C31H31F3N8O2. The first-order chi connectivity index (χ1) is 21.2. The van der Waals surface area contributed by atoms with Gasteiger partial charge in [0.2, 0.25) is 17.6 Å². The molecule has 0 N–H and O–H groups in total. The third kappa shape index (κ3) is 5.89. The van der Waals surface area contributed by atoms with Gasteiger partial charge in [-0.1, -0.05) is 18.2 Å². The number of para-hydroxylation sites is 1. The summed E-state index contributed by atoms with van der Waals surface area (Å²) in [6.07, 6.45) is 1.85. The van der Waals surface area contributed by atoms with Crippen molar-refractivity contribution in [1.29, 1.82) is 5.26 Å². The summed E-state index contributed by atoms with van der Waals surface area (Å²) in [6, 6.07) is 12.6. The molecule has 0 aliphatic carbocycles. The van der Waals surface area contributed by atoms with E-state index in [-0.39, 0.29) is 47.1 Å². The van der Waals surface area contributed by atoms with Crippen molar-refractivity contribution in [3.05, 3.63) is 60.3 Å². The molecule has 0 bridgehead atoms. The summed E-state index contributed by atoms with van der Waals surface area (Å²) >= 11 is 0. The number of carbonyl (C=O) groups excluding carboxylic acids is 1. The topological polar surface area (TPSA) is 113 Å². The number of nitriles is 1. The number of halogens is 3. The van der Waals surface area contributed by atoms with E-state index in [1.165, 1.54) is 12.5 Å². The van der Waals surface area contributed by atoms with Crippen LogP contribution in [-0.2, 0) is 18.0 Å². The zero-order chi connectivity index (χ0) is 30.8. The summed E-state index contributed by atoms with van der Waals surface area (Å²) in [5, 5.41) is 9.33. The average Bonchev–Trinajstić information content (AvgIpc) is 3.68. The van der Waals surface area contributed by atoms with Gasteiger partial charge in [0.25, 0.3) is 0 Å². The highest BCUT2D eigenvalue weighted by Gasteiger charge is 2.37. The van der Waals surface area contributed by atoms with Crippen molar-refractivity contribution >= 4 is 22.8 Å². The van der Waals surface area contributed by atoms with Gasteiger partial charge in [0, 0.05) is 44.1 Å². The van der Waals surface area contributed by atoms with Gasteiger partial charge in [0.15, 0.2) is 5.65 Å². The van der Waals surface area contributed by atoms with Gasteiger partial charge in [-0.15, -0.1) is 0 Å². The van der Waals surface area contributed by atoms with Crippen LogP contribution in [0.15, 0.2) is 48.9 Å². The maximum absolute atomic E-state index is 14.1. The van der Waals surface area contributed by atoms with Crippen molar-refractivity contribution in [1.82, 2.24) is 29.4 Å². The van der Waals surface area contributed by atoms with Crippen LogP contribution in [0.3, 0.4) is 0 Å². The zero-order valence-electron chi connectivity index (χ0n) is 24.2. The monoisotopic (exact) mass is 604 g/mol. The number of alkyl halides is 3. The molecule has 1 atom stereocenters. The second-order valence-corrected chi connectivity index (χ2v) is 11.2. The Morgan fingerprint density at radius 3 is 2.59 bits per heavy atom. The Kier molecular flexibility index (Phi) is 8.07. The normalized spacial score (nSPS) is 17.7. The number of anilines is 1. The highest BCUT2D eigenvalue weighted by molar-refractivity contribution is 5.88. The van der Waals surface area contributed by atoms with Crippen molar-refractivity contribution < 1.29 is 22.7 Å². The van der Waals surface area contributed by atoms with Gasteiger partial charge in [-0.3, -0.25) is 4.79 Å². The van der Waals surface area contributed by atoms with Gasteiger partial charge in [-0.25, -0.2) is 15.0 Å². The number of hydrogen-bond acceptors (Lipinski definition) is 8. The number of piperidine rings is 1. The van der Waals surface area contributed by atoms with Gasteiger partial charge < -0.3 is 19.1 Å². The van der Waals surface area contributed by atoms with Gasteiger partial charge in [0.05, 0.1) is 12.9 Å². The molecule has 1 amide bonds. The Labute approximate surface area is 252 Å². The molecule has 2 saturated heterocycles. The molecule has 13 heteroatoms. The maximum atomic E-state index is 14.1. The Morgan fingerprint density at radius 1 is 1.09 bits per heavy atom. The number of imidazole rings is 1. The number of rotatable bonds is 7. The summed E-state index contributed by atoms with van der Waals surface area (Å²) in [5.41, 5.74) is 0.755. The van der Waals surface area contributed by atoms with Gasteiger partial charge in [0.1, 0.15) is 28.9 Å². The lowest BCUT2D eigenvalue weighted by Gasteiger charge is -2.36. The van der Waals surface area contributed by atoms with Crippen molar-refractivity contribution in [3.63, 3.8) is 0 Å². The molecule has 2 fully saturated rings. The molecule has 0 saturated carbocycles. The summed E-state index contributed by atoms with van der Waals surface area (Å²) in [6.45, 7) is 2.16. The van der Waals surface area contributed by atoms with Crippen LogP contribution in [-0.4, -0.2) is 67.6 Å². The predicted octanol–water partition coefficient (Wildman–Crippen LogP) is 4.99. The summed E-state index contributed by atoms with van der Waals surface area (Å²) in [7, 11) is 1.67. The van der Waals surface area contributed by atoms with Crippen LogP contribution < -0.4 is 9.64 Å². The Morgan fingerprint density at radius 2 is 1.86 bits per heavy atom. The van der Waals surface area contributed by atoms with E-state index in [2.05, 4.69) is 24.8 Å². The molecule has 6 rings (SSSR count). The minimum atomic E-state index is -4.73. The van der Waals surface area contributed by atoms with E-state index in [9.17, 15) is 23.2 Å². The fraction of sp³-hybridized carbons (Fsp3) is 0.419. The number of benzene rings is 1. The van der Waals surface area contributed by atoms with Gasteiger partial charge in [-0.2, -0.15) is 23.4 Å². The number of ether oxygens (including phenoxy) is 1. The van der Waals surface area contributed by atoms with E-state index >= 15 is 0 Å². The molecule has 44 heavy (non-hydrogen) atoms. The summed E-state index contributed by atoms with van der Waals surface area (Å²) in [4.78, 5) is 33.9. The molecule has 228 valence electrons. The van der Waals surface area contributed by atoms with Crippen LogP contribution in [0.25, 0.3) is 22.4 Å². The van der Waals surface area contributed by atoms with E-state index in [1.807, 2.05) is 41.3 Å². The van der Waals surface area contributed by atoms with Crippen LogP contribution in [0.2, 0.25) is 0 Å². The Hall–Kier alpha value is -4.73. The maximum Gasteiger partial charge on any atom is 0.421 e. The largest absolute Gasteiger partial charge is 0.477 e. The standard InChI is InChI=1S/C31H31F3N8O2/c1-40-19-37-27-26(38-25(17-35)39-28(27)40)21-16-23(31(32,33)34)29(36-18-21)44-15-11-20-9-13-41(14-10-20)30(43)24-8-5-12-42(24)22-6-3-2-4-7-22/h2-4,6-7,16,18-20,24H,5,8-15H2,1H3/t24-/m0/s1. The predicted molar refractivity (Wildman–Crippen MR) is 155 cm³/mol. The number of likely N-dealkylation sites (tertiary alicyclic amines) is 1. The average molecular weight is 605 g/mol. The van der Waals surface area contributed by atoms with Crippen LogP contribution in [0.1, 0.15) is 43.5 Å². The number of aryl methyl sites for hydroxylation is 1. The van der Waals surface area contributed by atoms with E-state index in [1.54, 1.807) is 11.6 Å². The van der Waals surface area contributed by atoms with E-state index in [0.717, 1.165) is 44.0 Å². The van der Waals surface area contributed by atoms with E-state index in [0.29, 0.717) is 25.2 Å². The molecule has 4 aromatic rings. The SMILES string of the molecule is Cn1cnc2c(-c3cnc(OCCC4CCN(C(=O)[C@@H]5CCCN5c5ccccc5)CC4)c(C(F)(F)F)c3)nc(C#N)nc21. The molecule has 1 aromatic carbocycles. The molecule has 3 aromatic heterocycles. The van der Waals surface area contributed by atoms with Crippen molar-refractivity contribution in [2.24, 2.45) is 13.0 Å². The quantitative estimate of drug-likeness (QED) is 0.290. The number of pyridine rings is 1. The summed E-state index contributed by atoms with van der Waals surface area (Å²) < 4.78 is 49.5. The fourth-order valence-corrected chi connectivity index (χ4v) is 6.08. The molecule has 10 nitrogen and oxygen atoms in total. The number of fused-ring (bicyclic) bond motifs is 1. The lowest BCUT2D eigenvalue weighted by molar-refractivity contribution is -0.139. The molecule has 0 radical (unpaired) electrons. The minimum absolute atomic E-state index is 0.0532. The second kappa shape index (κ2) is 12.1. The number of hydrogen-bond donors (Lipinski definition) is 0. The number of aromatic nitrogens is 5. The first-order valence-corrected chi connectivity index (χ1v) is 14.6. The van der Waals surface area contributed by atoms with Crippen LogP contribution in [0.5, 0.6) is 5.88 Å². The van der Waals surface area contributed by atoms with Crippen molar-refractivity contribution in [3.8, 4) is 23.2 Å². The van der Waals surface area contributed by atoms with Crippen molar-refractivity contribution in [2.75, 3.05) is 31.1 Å². The van der Waals surface area contributed by atoms with Crippen LogP contribution >= 0.6 is 0 Å². The molecule has 2 aliphatic rings. The van der Waals surface area contributed by atoms with Crippen LogP contribution in [0, 0.1) is 17.2 Å². The van der Waals surface area contributed by atoms with Crippen LogP contribution in [0.4, 0.5) is 18.9 Å². The van der Waals surface area contributed by atoms with E-state index < -0.39 is 17.6 Å². The highest BCUT2D eigenvalue weighted by atomic mass is 19.4. The first kappa shape index (κ1) is 29.3. The Balaban J connectivity index is 1.08. The molecule has 2 aliphatic heterocycles. The minimum Gasteiger partial charge on any atom is -0.477 e. The van der Waals surface area contributed by atoms with Crippen molar-refractivity contribution in [2.45, 2.75) is 44.3 Å². The van der Waals surface area contributed by atoms with Gasteiger partial charge in [-0.05, 0) is 56.2 Å².